The standard InChI is InChI=1S/C12H16ClNO3S/c1-3-11(18(16,17)4-2)12(14-15)9-5-7-10(13)8-6-9/h5-8,11,15H,3-4H2,1-2H3/b14-12+. The number of hydrogen-bond donors (Lipinski definition) is 1. The van der Waals surface area contributed by atoms with E-state index in [2.05, 4.69) is 5.16 Å². The van der Waals surface area contributed by atoms with Crippen LogP contribution in [-0.2, 0) is 9.84 Å². The zero-order chi connectivity index (χ0) is 13.8. The lowest BCUT2D eigenvalue weighted by Gasteiger charge is -2.16. The molecule has 0 aromatic heterocycles. The van der Waals surface area contributed by atoms with Gasteiger partial charge in [0, 0.05) is 16.3 Å². The van der Waals surface area contributed by atoms with Gasteiger partial charge in [-0.15, -0.1) is 0 Å². The van der Waals surface area contributed by atoms with Gasteiger partial charge in [-0.05, 0) is 18.6 Å². The first kappa shape index (κ1) is 15.0. The second-order valence-electron chi connectivity index (χ2n) is 3.84. The van der Waals surface area contributed by atoms with Gasteiger partial charge in [-0.3, -0.25) is 0 Å². The van der Waals surface area contributed by atoms with E-state index in [4.69, 9.17) is 16.8 Å². The maximum Gasteiger partial charge on any atom is 0.158 e. The average Bonchev–Trinajstić information content (AvgIpc) is 2.36. The summed E-state index contributed by atoms with van der Waals surface area (Å²) in [5.41, 5.74) is 0.724. The van der Waals surface area contributed by atoms with E-state index >= 15 is 0 Å². The van der Waals surface area contributed by atoms with Crippen molar-refractivity contribution in [3.63, 3.8) is 0 Å². The molecular weight excluding hydrogens is 274 g/mol. The van der Waals surface area contributed by atoms with Gasteiger partial charge in [0.25, 0.3) is 0 Å². The summed E-state index contributed by atoms with van der Waals surface area (Å²) in [7, 11) is -3.30. The Hall–Kier alpha value is -1.07. The Kier molecular flexibility index (Phi) is 5.16. The van der Waals surface area contributed by atoms with Gasteiger partial charge < -0.3 is 5.21 Å². The minimum atomic E-state index is -3.30. The van der Waals surface area contributed by atoms with Crippen LogP contribution in [0.5, 0.6) is 0 Å². The smallest absolute Gasteiger partial charge is 0.158 e. The lowest BCUT2D eigenvalue weighted by Crippen LogP contribution is -2.31. The van der Waals surface area contributed by atoms with Crippen molar-refractivity contribution in [3.05, 3.63) is 34.9 Å². The van der Waals surface area contributed by atoms with Crippen molar-refractivity contribution in [1.82, 2.24) is 0 Å². The van der Waals surface area contributed by atoms with E-state index in [0.29, 0.717) is 17.0 Å². The van der Waals surface area contributed by atoms with Crippen LogP contribution in [0.25, 0.3) is 0 Å². The third-order valence-corrected chi connectivity index (χ3v) is 5.24. The zero-order valence-electron chi connectivity index (χ0n) is 10.3. The first-order valence-electron chi connectivity index (χ1n) is 5.65. The minimum absolute atomic E-state index is 0.0120. The second-order valence-corrected chi connectivity index (χ2v) is 6.75. The van der Waals surface area contributed by atoms with E-state index in [1.165, 1.54) is 0 Å². The summed E-state index contributed by atoms with van der Waals surface area (Å²) in [6.07, 6.45) is 0.359. The quantitative estimate of drug-likeness (QED) is 0.515. The Morgan fingerprint density at radius 3 is 2.28 bits per heavy atom. The fraction of sp³-hybridized carbons (Fsp3) is 0.417. The van der Waals surface area contributed by atoms with Crippen molar-refractivity contribution in [2.24, 2.45) is 5.16 Å². The normalized spacial score (nSPS) is 14.5. The molecule has 0 fully saturated rings. The molecule has 0 radical (unpaired) electrons. The van der Waals surface area contributed by atoms with Gasteiger partial charge in [0.15, 0.2) is 9.84 Å². The molecule has 0 amide bonds. The van der Waals surface area contributed by atoms with Crippen LogP contribution in [-0.4, -0.2) is 30.3 Å². The average molecular weight is 290 g/mol. The molecule has 0 spiro atoms. The van der Waals surface area contributed by atoms with E-state index < -0.39 is 15.1 Å². The predicted octanol–water partition coefficient (Wildman–Crippen LogP) is 2.73. The summed E-state index contributed by atoms with van der Waals surface area (Å²) in [4.78, 5) is 0. The van der Waals surface area contributed by atoms with E-state index in [9.17, 15) is 8.42 Å². The lowest BCUT2D eigenvalue weighted by atomic mass is 10.1. The van der Waals surface area contributed by atoms with E-state index in [1.54, 1.807) is 38.1 Å². The van der Waals surface area contributed by atoms with Gasteiger partial charge in [-0.1, -0.05) is 42.7 Å². The summed E-state index contributed by atoms with van der Waals surface area (Å²) in [5, 5.41) is 12.0. The number of hydrogen-bond acceptors (Lipinski definition) is 4. The van der Waals surface area contributed by atoms with E-state index in [0.717, 1.165) is 0 Å². The maximum atomic E-state index is 12.0. The van der Waals surface area contributed by atoms with Crippen molar-refractivity contribution in [2.75, 3.05) is 5.75 Å². The van der Waals surface area contributed by atoms with E-state index in [-0.39, 0.29) is 11.5 Å². The van der Waals surface area contributed by atoms with Crippen LogP contribution >= 0.6 is 11.6 Å². The highest BCUT2D eigenvalue weighted by atomic mass is 35.5. The van der Waals surface area contributed by atoms with Crippen molar-refractivity contribution >= 4 is 27.1 Å². The number of rotatable bonds is 5. The molecule has 18 heavy (non-hydrogen) atoms. The van der Waals surface area contributed by atoms with Gasteiger partial charge >= 0.3 is 0 Å². The summed E-state index contributed by atoms with van der Waals surface area (Å²) in [6.45, 7) is 3.33. The molecule has 1 unspecified atom stereocenters. The van der Waals surface area contributed by atoms with Crippen molar-refractivity contribution in [1.29, 1.82) is 0 Å². The molecule has 0 heterocycles. The molecule has 1 aromatic carbocycles. The van der Waals surface area contributed by atoms with Crippen LogP contribution in [0.1, 0.15) is 25.8 Å². The van der Waals surface area contributed by atoms with Crippen molar-refractivity contribution < 1.29 is 13.6 Å². The van der Waals surface area contributed by atoms with Crippen LogP contribution in [0.4, 0.5) is 0 Å². The van der Waals surface area contributed by atoms with Gasteiger partial charge in [0.1, 0.15) is 11.0 Å². The predicted molar refractivity (Wildman–Crippen MR) is 73.3 cm³/mol. The van der Waals surface area contributed by atoms with Gasteiger partial charge in [-0.2, -0.15) is 0 Å². The molecule has 1 rings (SSSR count). The summed E-state index contributed by atoms with van der Waals surface area (Å²) < 4.78 is 23.9. The molecule has 0 aliphatic carbocycles. The molecule has 100 valence electrons. The molecule has 0 saturated heterocycles. The first-order valence-corrected chi connectivity index (χ1v) is 7.75. The molecule has 0 bridgehead atoms. The maximum absolute atomic E-state index is 12.0. The third kappa shape index (κ3) is 3.23. The highest BCUT2D eigenvalue weighted by Gasteiger charge is 2.28. The largest absolute Gasteiger partial charge is 0.411 e. The monoisotopic (exact) mass is 289 g/mol. The summed E-state index contributed by atoms with van der Waals surface area (Å²) in [6, 6.07) is 6.55. The topological polar surface area (TPSA) is 66.7 Å². The van der Waals surface area contributed by atoms with Crippen molar-refractivity contribution in [3.8, 4) is 0 Å². The molecule has 1 N–H and O–H groups in total. The third-order valence-electron chi connectivity index (χ3n) is 2.76. The van der Waals surface area contributed by atoms with Crippen LogP contribution in [0.2, 0.25) is 5.02 Å². The Morgan fingerprint density at radius 1 is 1.33 bits per heavy atom. The highest BCUT2D eigenvalue weighted by Crippen LogP contribution is 2.17. The minimum Gasteiger partial charge on any atom is -0.411 e. The molecule has 1 aromatic rings. The lowest BCUT2D eigenvalue weighted by molar-refractivity contribution is 0.318. The second kappa shape index (κ2) is 6.20. The Labute approximate surface area is 112 Å². The molecular formula is C12H16ClNO3S. The fourth-order valence-corrected chi connectivity index (χ4v) is 3.31. The van der Waals surface area contributed by atoms with Gasteiger partial charge in [0.05, 0.1) is 0 Å². The molecule has 0 aliphatic rings. The molecule has 4 nitrogen and oxygen atoms in total. The number of nitrogens with zero attached hydrogens (tertiary/aromatic N) is 1. The van der Waals surface area contributed by atoms with E-state index in [1.807, 2.05) is 0 Å². The fourth-order valence-electron chi connectivity index (χ4n) is 1.75. The summed E-state index contributed by atoms with van der Waals surface area (Å²) in [5.74, 6) is 0.0120. The molecule has 0 saturated carbocycles. The molecule has 6 heteroatoms. The molecule has 1 atom stereocenters. The van der Waals surface area contributed by atoms with Crippen LogP contribution in [0, 0.1) is 0 Å². The SMILES string of the molecule is CCC(/C(=N/O)c1ccc(Cl)cc1)S(=O)(=O)CC. The van der Waals surface area contributed by atoms with Gasteiger partial charge in [-0.25, -0.2) is 8.42 Å². The Balaban J connectivity index is 3.21. The number of halogens is 1. The van der Waals surface area contributed by atoms with Crippen LogP contribution in [0.3, 0.4) is 0 Å². The zero-order valence-corrected chi connectivity index (χ0v) is 11.9. The number of benzene rings is 1. The number of sulfone groups is 1. The van der Waals surface area contributed by atoms with Crippen molar-refractivity contribution in [2.45, 2.75) is 25.5 Å². The Morgan fingerprint density at radius 2 is 1.89 bits per heavy atom. The van der Waals surface area contributed by atoms with Crippen LogP contribution < -0.4 is 0 Å². The van der Waals surface area contributed by atoms with Gasteiger partial charge in [0.2, 0.25) is 0 Å². The summed E-state index contributed by atoms with van der Waals surface area (Å²) >= 11 is 5.77. The number of oxime groups is 1. The highest BCUT2D eigenvalue weighted by molar-refractivity contribution is 7.92. The van der Waals surface area contributed by atoms with Crippen LogP contribution in [0.15, 0.2) is 29.4 Å². The Bertz CT molecular complexity index is 523. The first-order chi connectivity index (χ1) is 8.46. The molecule has 0 aliphatic heterocycles.